The highest BCUT2D eigenvalue weighted by molar-refractivity contribution is 5.66. The summed E-state index contributed by atoms with van der Waals surface area (Å²) in [7, 11) is 0. The Labute approximate surface area is 193 Å². The van der Waals surface area contributed by atoms with E-state index in [1.807, 2.05) is 6.92 Å². The van der Waals surface area contributed by atoms with Crippen molar-refractivity contribution in [2.24, 2.45) is 23.7 Å². The molecule has 1 aliphatic heterocycles. The molecule has 0 unspecified atom stereocenters. The van der Waals surface area contributed by atoms with Crippen LogP contribution >= 0.6 is 0 Å². The summed E-state index contributed by atoms with van der Waals surface area (Å²) in [5.74, 6) is 0.979. The van der Waals surface area contributed by atoms with Gasteiger partial charge in [0.2, 0.25) is 0 Å². The zero-order valence-corrected chi connectivity index (χ0v) is 20.5. The third-order valence-electron chi connectivity index (χ3n) is 8.13. The third kappa shape index (κ3) is 6.11. The molecule has 2 fully saturated rings. The van der Waals surface area contributed by atoms with Crippen molar-refractivity contribution in [1.82, 2.24) is 9.80 Å². The molecule has 0 aromatic carbocycles. The maximum Gasteiger partial charge on any atom is 0.303 e. The Kier molecular flexibility index (Phi) is 9.15. The number of hydrogen-bond acceptors (Lipinski definition) is 7. The van der Waals surface area contributed by atoms with Gasteiger partial charge in [-0.3, -0.25) is 9.69 Å². The molecule has 2 N–H and O–H groups in total. The topological polar surface area (TPSA) is 82.5 Å². The Hall–Kier alpha value is -0.990. The standard InChI is InChI=1S/C25H44N2O5/c1-18-15-23-22(6-5-20(3)25(23,30)16-24(18)32-21(4)29)19(2)17-27-9-7-26(8-10-27)11-13-31-14-12-28/h15,19-20,22-24,28,30H,5-14,16-17H2,1-4H3/t19-,20-,22+,23-,24-,25-/m1/s1. The van der Waals surface area contributed by atoms with Crippen molar-refractivity contribution in [3.05, 3.63) is 11.6 Å². The summed E-state index contributed by atoms with van der Waals surface area (Å²) >= 11 is 0. The SMILES string of the molecule is CC(=O)O[C@@H]1C[C@@]2(O)[C@H](C)CC[C@@H]([C@H](C)CN3CCN(CCOCCO)CC3)[C@H]2C=C1C. The van der Waals surface area contributed by atoms with E-state index in [4.69, 9.17) is 14.6 Å². The molecule has 6 atom stereocenters. The first kappa shape index (κ1) is 25.6. The van der Waals surface area contributed by atoms with E-state index in [2.05, 4.69) is 29.7 Å². The molecular weight excluding hydrogens is 408 g/mol. The smallest absolute Gasteiger partial charge is 0.303 e. The minimum Gasteiger partial charge on any atom is -0.458 e. The number of rotatable bonds is 9. The van der Waals surface area contributed by atoms with E-state index in [-0.39, 0.29) is 30.5 Å². The fourth-order valence-corrected chi connectivity index (χ4v) is 6.10. The van der Waals surface area contributed by atoms with Crippen molar-refractivity contribution >= 4 is 5.97 Å². The van der Waals surface area contributed by atoms with E-state index in [1.54, 1.807) is 0 Å². The first-order valence-corrected chi connectivity index (χ1v) is 12.5. The highest BCUT2D eigenvalue weighted by atomic mass is 16.5. The monoisotopic (exact) mass is 452 g/mol. The van der Waals surface area contributed by atoms with E-state index in [0.29, 0.717) is 31.5 Å². The van der Waals surface area contributed by atoms with Gasteiger partial charge < -0.3 is 24.6 Å². The first-order valence-electron chi connectivity index (χ1n) is 12.5. The number of hydrogen-bond donors (Lipinski definition) is 2. The van der Waals surface area contributed by atoms with Crippen LogP contribution in [0.4, 0.5) is 0 Å². The van der Waals surface area contributed by atoms with Gasteiger partial charge in [0, 0.05) is 58.5 Å². The summed E-state index contributed by atoms with van der Waals surface area (Å²) in [6.07, 6.45) is 4.59. The molecular formula is C25H44N2O5. The molecule has 0 amide bonds. The number of carbonyl (C=O) groups excluding carboxylic acids is 1. The lowest BCUT2D eigenvalue weighted by Crippen LogP contribution is -2.56. The van der Waals surface area contributed by atoms with Crippen molar-refractivity contribution in [3.63, 3.8) is 0 Å². The molecule has 1 saturated carbocycles. The highest BCUT2D eigenvalue weighted by Crippen LogP contribution is 2.51. The summed E-state index contributed by atoms with van der Waals surface area (Å²) in [5, 5.41) is 20.6. The van der Waals surface area contributed by atoms with Gasteiger partial charge in [0.25, 0.3) is 0 Å². The molecule has 1 saturated heterocycles. The van der Waals surface area contributed by atoms with Crippen molar-refractivity contribution in [3.8, 4) is 0 Å². The minimum atomic E-state index is -0.802. The number of piperazine rings is 1. The van der Waals surface area contributed by atoms with E-state index in [1.165, 1.54) is 6.92 Å². The number of fused-ring (bicyclic) bond motifs is 1. The molecule has 3 rings (SSSR count). The van der Waals surface area contributed by atoms with E-state index in [9.17, 15) is 9.90 Å². The normalized spacial score (nSPS) is 35.1. The van der Waals surface area contributed by atoms with Gasteiger partial charge in [-0.2, -0.15) is 0 Å². The second-order valence-corrected chi connectivity index (χ2v) is 10.3. The fourth-order valence-electron chi connectivity index (χ4n) is 6.10. The van der Waals surface area contributed by atoms with Gasteiger partial charge in [-0.1, -0.05) is 19.9 Å². The Bertz CT molecular complexity index is 648. The molecule has 3 aliphatic rings. The van der Waals surface area contributed by atoms with E-state index >= 15 is 0 Å². The second kappa shape index (κ2) is 11.4. The number of carbonyl (C=O) groups is 1. The van der Waals surface area contributed by atoms with Crippen molar-refractivity contribution in [1.29, 1.82) is 0 Å². The quantitative estimate of drug-likeness (QED) is 0.314. The van der Waals surface area contributed by atoms with E-state index < -0.39 is 5.60 Å². The molecule has 184 valence electrons. The number of aliphatic hydroxyl groups excluding tert-OH is 1. The zero-order valence-electron chi connectivity index (χ0n) is 20.5. The summed E-state index contributed by atoms with van der Waals surface area (Å²) < 4.78 is 10.9. The van der Waals surface area contributed by atoms with Crippen LogP contribution in [-0.4, -0.2) is 96.8 Å². The van der Waals surface area contributed by atoms with Crippen LogP contribution in [0.3, 0.4) is 0 Å². The summed E-state index contributed by atoms with van der Waals surface area (Å²) in [4.78, 5) is 16.5. The lowest BCUT2D eigenvalue weighted by atomic mass is 9.57. The predicted molar refractivity (Wildman–Crippen MR) is 124 cm³/mol. The van der Waals surface area contributed by atoms with Gasteiger partial charge in [-0.05, 0) is 43.1 Å². The van der Waals surface area contributed by atoms with Gasteiger partial charge in [-0.25, -0.2) is 0 Å². The summed E-state index contributed by atoms with van der Waals surface area (Å²) in [5.41, 5.74) is 0.280. The van der Waals surface area contributed by atoms with Gasteiger partial charge >= 0.3 is 5.97 Å². The van der Waals surface area contributed by atoms with Crippen LogP contribution in [0.2, 0.25) is 0 Å². The maximum atomic E-state index is 11.8. The highest BCUT2D eigenvalue weighted by Gasteiger charge is 2.52. The molecule has 7 heteroatoms. The zero-order chi connectivity index (χ0) is 23.3. The number of esters is 1. The molecule has 1 heterocycles. The van der Waals surface area contributed by atoms with Gasteiger partial charge in [0.05, 0.1) is 25.4 Å². The lowest BCUT2D eigenvalue weighted by Gasteiger charge is -2.53. The number of aliphatic hydroxyl groups is 2. The van der Waals surface area contributed by atoms with Crippen LogP contribution < -0.4 is 0 Å². The Morgan fingerprint density at radius 2 is 1.91 bits per heavy atom. The average Bonchev–Trinajstić information content (AvgIpc) is 2.74. The molecule has 32 heavy (non-hydrogen) atoms. The summed E-state index contributed by atoms with van der Waals surface area (Å²) in [6, 6.07) is 0. The largest absolute Gasteiger partial charge is 0.458 e. The van der Waals surface area contributed by atoms with Crippen LogP contribution in [0.25, 0.3) is 0 Å². The molecule has 7 nitrogen and oxygen atoms in total. The second-order valence-electron chi connectivity index (χ2n) is 10.3. The number of ether oxygens (including phenoxy) is 2. The van der Waals surface area contributed by atoms with Crippen LogP contribution in [0.1, 0.15) is 47.0 Å². The minimum absolute atomic E-state index is 0.0842. The Morgan fingerprint density at radius 1 is 1.22 bits per heavy atom. The third-order valence-corrected chi connectivity index (χ3v) is 8.13. The maximum absolute atomic E-state index is 11.8. The Morgan fingerprint density at radius 3 is 2.56 bits per heavy atom. The predicted octanol–water partition coefficient (Wildman–Crippen LogP) is 1.92. The molecule has 0 radical (unpaired) electrons. The molecule has 0 bridgehead atoms. The van der Waals surface area contributed by atoms with Crippen LogP contribution in [-0.2, 0) is 14.3 Å². The molecule has 0 aromatic rings. The van der Waals surface area contributed by atoms with E-state index in [0.717, 1.165) is 57.7 Å². The lowest BCUT2D eigenvalue weighted by molar-refractivity contribution is -0.159. The van der Waals surface area contributed by atoms with Gasteiger partial charge in [0.1, 0.15) is 6.10 Å². The average molecular weight is 453 g/mol. The van der Waals surface area contributed by atoms with Gasteiger partial charge in [0.15, 0.2) is 0 Å². The van der Waals surface area contributed by atoms with Crippen molar-refractivity contribution < 1.29 is 24.5 Å². The molecule has 0 aromatic heterocycles. The number of nitrogens with zero attached hydrogens (tertiary/aromatic N) is 2. The first-order chi connectivity index (χ1) is 15.2. The van der Waals surface area contributed by atoms with Crippen molar-refractivity contribution in [2.75, 3.05) is 59.1 Å². The summed E-state index contributed by atoms with van der Waals surface area (Å²) in [6.45, 7) is 15.4. The Balaban J connectivity index is 1.57. The van der Waals surface area contributed by atoms with Crippen LogP contribution in [0.15, 0.2) is 11.6 Å². The van der Waals surface area contributed by atoms with Gasteiger partial charge in [-0.15, -0.1) is 0 Å². The van der Waals surface area contributed by atoms with Crippen molar-refractivity contribution in [2.45, 2.75) is 58.7 Å². The molecule has 0 spiro atoms. The van der Waals surface area contributed by atoms with Crippen LogP contribution in [0.5, 0.6) is 0 Å². The fraction of sp³-hybridized carbons (Fsp3) is 0.880. The van der Waals surface area contributed by atoms with Crippen LogP contribution in [0, 0.1) is 23.7 Å². The molecule has 2 aliphatic carbocycles.